The molecule has 0 saturated heterocycles. The van der Waals surface area contributed by atoms with Crippen LogP contribution >= 0.6 is 0 Å². The molecule has 0 spiro atoms. The van der Waals surface area contributed by atoms with Gasteiger partial charge in [0.2, 0.25) is 10.0 Å². The molecule has 1 aromatic heterocycles. The number of rotatable bonds is 2. The quantitative estimate of drug-likeness (QED) is 0.861. The summed E-state index contributed by atoms with van der Waals surface area (Å²) in [5.74, 6) is 0. The largest absolute Gasteiger partial charge is 0.344 e. The molecule has 1 aromatic carbocycles. The number of nitrogens with zero attached hydrogens (tertiary/aromatic N) is 1. The molecule has 1 fully saturated rings. The highest BCUT2D eigenvalue weighted by molar-refractivity contribution is 7.89. The third-order valence-corrected chi connectivity index (χ3v) is 3.87. The van der Waals surface area contributed by atoms with Crippen LogP contribution in [0.3, 0.4) is 0 Å². The average Bonchev–Trinajstić information content (AvgIpc) is 2.96. The molecule has 16 heavy (non-hydrogen) atoms. The summed E-state index contributed by atoms with van der Waals surface area (Å²) in [4.78, 5) is 0.175. The molecule has 1 saturated carbocycles. The molecule has 1 aliphatic rings. The maximum absolute atomic E-state index is 11.2. The van der Waals surface area contributed by atoms with Crippen LogP contribution in [0.25, 0.3) is 10.9 Å². The molecule has 0 aliphatic heterocycles. The van der Waals surface area contributed by atoms with Crippen LogP contribution in [0.15, 0.2) is 35.4 Å². The third-order valence-electron chi connectivity index (χ3n) is 2.96. The lowest BCUT2D eigenvalue weighted by Crippen LogP contribution is -2.11. The second kappa shape index (κ2) is 3.09. The number of primary sulfonamides is 1. The summed E-state index contributed by atoms with van der Waals surface area (Å²) in [6.45, 7) is 0. The first-order chi connectivity index (χ1) is 7.55. The molecule has 1 heterocycles. The Labute approximate surface area is 93.7 Å². The van der Waals surface area contributed by atoms with Gasteiger partial charge in [0.05, 0.1) is 4.90 Å². The van der Waals surface area contributed by atoms with Gasteiger partial charge in [-0.2, -0.15) is 0 Å². The van der Waals surface area contributed by atoms with Gasteiger partial charge in [-0.1, -0.05) is 0 Å². The topological polar surface area (TPSA) is 65.1 Å². The summed E-state index contributed by atoms with van der Waals surface area (Å²) in [6, 6.07) is 7.55. The maximum Gasteiger partial charge on any atom is 0.238 e. The van der Waals surface area contributed by atoms with E-state index in [2.05, 4.69) is 4.57 Å². The first-order valence-electron chi connectivity index (χ1n) is 5.19. The Morgan fingerprint density at radius 3 is 2.62 bits per heavy atom. The SMILES string of the molecule is NS(=O)(=O)c1ccc2c(ccn2C2CC2)c1. The van der Waals surface area contributed by atoms with Gasteiger partial charge in [0, 0.05) is 23.1 Å². The van der Waals surface area contributed by atoms with Crippen LogP contribution in [0, 0.1) is 0 Å². The average molecular weight is 236 g/mol. The highest BCUT2D eigenvalue weighted by Crippen LogP contribution is 2.37. The Balaban J connectivity index is 2.20. The zero-order valence-electron chi connectivity index (χ0n) is 8.63. The summed E-state index contributed by atoms with van der Waals surface area (Å²) in [5.41, 5.74) is 1.08. The Morgan fingerprint density at radius 2 is 2.00 bits per heavy atom. The minimum atomic E-state index is -3.60. The number of nitrogens with two attached hydrogens (primary N) is 1. The van der Waals surface area contributed by atoms with Crippen LogP contribution in [0.2, 0.25) is 0 Å². The molecule has 0 amide bonds. The van der Waals surface area contributed by atoms with Crippen molar-refractivity contribution in [3.05, 3.63) is 30.5 Å². The number of fused-ring (bicyclic) bond motifs is 1. The molecule has 84 valence electrons. The fourth-order valence-corrected chi connectivity index (χ4v) is 2.54. The first-order valence-corrected chi connectivity index (χ1v) is 6.74. The molecule has 5 heteroatoms. The van der Waals surface area contributed by atoms with Crippen LogP contribution < -0.4 is 5.14 Å². The van der Waals surface area contributed by atoms with E-state index in [-0.39, 0.29) is 4.90 Å². The van der Waals surface area contributed by atoms with E-state index in [9.17, 15) is 8.42 Å². The summed E-state index contributed by atoms with van der Waals surface area (Å²) < 4.78 is 24.6. The van der Waals surface area contributed by atoms with Gasteiger partial charge in [-0.15, -0.1) is 0 Å². The van der Waals surface area contributed by atoms with Gasteiger partial charge in [0.1, 0.15) is 0 Å². The van der Waals surface area contributed by atoms with Gasteiger partial charge in [-0.3, -0.25) is 0 Å². The molecule has 2 N–H and O–H groups in total. The third kappa shape index (κ3) is 1.52. The molecule has 1 aliphatic carbocycles. The standard InChI is InChI=1S/C11H12N2O2S/c12-16(14,15)10-3-4-11-8(7-10)5-6-13(11)9-1-2-9/h3-7,9H,1-2H2,(H2,12,14,15). The van der Waals surface area contributed by atoms with E-state index < -0.39 is 10.0 Å². The van der Waals surface area contributed by atoms with E-state index in [0.717, 1.165) is 10.9 Å². The predicted molar refractivity (Wildman–Crippen MR) is 61.6 cm³/mol. The van der Waals surface area contributed by atoms with Crippen molar-refractivity contribution in [3.63, 3.8) is 0 Å². The highest BCUT2D eigenvalue weighted by atomic mass is 32.2. The van der Waals surface area contributed by atoms with Gasteiger partial charge in [0.25, 0.3) is 0 Å². The van der Waals surface area contributed by atoms with E-state index in [1.54, 1.807) is 12.1 Å². The Morgan fingerprint density at radius 1 is 1.25 bits per heavy atom. The monoisotopic (exact) mass is 236 g/mol. The van der Waals surface area contributed by atoms with Crippen molar-refractivity contribution in [1.29, 1.82) is 0 Å². The molecule has 0 unspecified atom stereocenters. The van der Waals surface area contributed by atoms with Gasteiger partial charge in [0.15, 0.2) is 0 Å². The number of benzene rings is 1. The van der Waals surface area contributed by atoms with Crippen LogP contribution in [0.5, 0.6) is 0 Å². The van der Waals surface area contributed by atoms with Crippen molar-refractivity contribution >= 4 is 20.9 Å². The summed E-state index contributed by atoms with van der Waals surface area (Å²) in [6.07, 6.45) is 4.43. The molecule has 3 rings (SSSR count). The van der Waals surface area contributed by atoms with E-state index in [4.69, 9.17) is 5.14 Å². The van der Waals surface area contributed by atoms with Gasteiger partial charge >= 0.3 is 0 Å². The Bertz CT molecular complexity index is 654. The predicted octanol–water partition coefficient (Wildman–Crippen LogP) is 1.62. The Kier molecular flexibility index (Phi) is 1.90. The fraction of sp³-hybridized carbons (Fsp3) is 0.273. The summed E-state index contributed by atoms with van der Waals surface area (Å²) in [5, 5.41) is 6.02. The smallest absolute Gasteiger partial charge is 0.238 e. The minimum Gasteiger partial charge on any atom is -0.344 e. The maximum atomic E-state index is 11.2. The molecule has 2 aromatic rings. The fourth-order valence-electron chi connectivity index (χ4n) is 1.99. The van der Waals surface area contributed by atoms with E-state index in [1.165, 1.54) is 12.8 Å². The van der Waals surface area contributed by atoms with Crippen LogP contribution in [0.4, 0.5) is 0 Å². The van der Waals surface area contributed by atoms with E-state index >= 15 is 0 Å². The summed E-state index contributed by atoms with van der Waals surface area (Å²) in [7, 11) is -3.60. The molecule has 0 radical (unpaired) electrons. The van der Waals surface area contributed by atoms with Gasteiger partial charge < -0.3 is 4.57 Å². The van der Waals surface area contributed by atoms with Crippen molar-refractivity contribution < 1.29 is 8.42 Å². The minimum absolute atomic E-state index is 0.175. The number of aromatic nitrogens is 1. The van der Waals surface area contributed by atoms with Gasteiger partial charge in [-0.25, -0.2) is 13.6 Å². The second-order valence-corrected chi connectivity index (χ2v) is 5.78. The van der Waals surface area contributed by atoms with Crippen LogP contribution in [-0.2, 0) is 10.0 Å². The number of hydrogen-bond acceptors (Lipinski definition) is 2. The first kappa shape index (κ1) is 9.86. The lowest BCUT2D eigenvalue weighted by molar-refractivity contribution is 0.598. The lowest BCUT2D eigenvalue weighted by atomic mass is 10.2. The molecular weight excluding hydrogens is 224 g/mol. The zero-order valence-corrected chi connectivity index (χ0v) is 9.44. The summed E-state index contributed by atoms with van der Waals surface area (Å²) >= 11 is 0. The van der Waals surface area contributed by atoms with Crippen molar-refractivity contribution in [2.24, 2.45) is 5.14 Å². The van der Waals surface area contributed by atoms with Crippen molar-refractivity contribution in [1.82, 2.24) is 4.57 Å². The number of hydrogen-bond donors (Lipinski definition) is 1. The molecule has 4 nitrogen and oxygen atoms in total. The van der Waals surface area contributed by atoms with Gasteiger partial charge in [-0.05, 0) is 37.1 Å². The van der Waals surface area contributed by atoms with Crippen molar-refractivity contribution in [2.75, 3.05) is 0 Å². The Hall–Kier alpha value is -1.33. The van der Waals surface area contributed by atoms with E-state index in [1.807, 2.05) is 18.3 Å². The van der Waals surface area contributed by atoms with Crippen LogP contribution in [-0.4, -0.2) is 13.0 Å². The van der Waals surface area contributed by atoms with E-state index in [0.29, 0.717) is 6.04 Å². The molecule has 0 atom stereocenters. The van der Waals surface area contributed by atoms with Crippen molar-refractivity contribution in [2.45, 2.75) is 23.8 Å². The number of sulfonamides is 1. The highest BCUT2D eigenvalue weighted by Gasteiger charge is 2.24. The zero-order chi connectivity index (χ0) is 11.3. The van der Waals surface area contributed by atoms with Crippen LogP contribution in [0.1, 0.15) is 18.9 Å². The molecular formula is C11H12N2O2S. The lowest BCUT2D eigenvalue weighted by Gasteiger charge is -2.03. The molecule has 0 bridgehead atoms. The normalized spacial score (nSPS) is 16.8. The second-order valence-electron chi connectivity index (χ2n) is 4.22. The van der Waals surface area contributed by atoms with Crippen molar-refractivity contribution in [3.8, 4) is 0 Å².